The van der Waals surface area contributed by atoms with Gasteiger partial charge in [0.2, 0.25) is 5.96 Å². The van der Waals surface area contributed by atoms with Gasteiger partial charge in [-0.3, -0.25) is 15.2 Å². The molecule has 0 spiro atoms. The van der Waals surface area contributed by atoms with Crippen molar-refractivity contribution in [2.45, 2.75) is 39.2 Å². The number of guanidine groups is 1. The van der Waals surface area contributed by atoms with E-state index in [2.05, 4.69) is 35.7 Å². The maximum atomic E-state index is 13.2. The van der Waals surface area contributed by atoms with Crippen LogP contribution >= 0.6 is 0 Å². The molecule has 1 aliphatic heterocycles. The number of aromatic amines is 1. The molecule has 1 amide bonds. The minimum absolute atomic E-state index is 0.282. The third kappa shape index (κ3) is 5.94. The molecule has 8 nitrogen and oxygen atoms in total. The van der Waals surface area contributed by atoms with Gasteiger partial charge in [-0.15, -0.1) is 0 Å². The van der Waals surface area contributed by atoms with Crippen LogP contribution in [0.3, 0.4) is 0 Å². The van der Waals surface area contributed by atoms with Gasteiger partial charge in [0, 0.05) is 30.9 Å². The normalized spacial score (nSPS) is 14.4. The van der Waals surface area contributed by atoms with E-state index in [1.165, 1.54) is 12.1 Å². The molecule has 1 fully saturated rings. The quantitative estimate of drug-likeness (QED) is 0.409. The lowest BCUT2D eigenvalue weighted by molar-refractivity contribution is 0.0976. The van der Waals surface area contributed by atoms with E-state index in [9.17, 15) is 9.18 Å². The number of halogens is 1. The summed E-state index contributed by atoms with van der Waals surface area (Å²) in [6.45, 7) is 7.71. The summed E-state index contributed by atoms with van der Waals surface area (Å²) in [6.07, 6.45) is 3.92. The van der Waals surface area contributed by atoms with E-state index in [1.807, 2.05) is 20.8 Å². The number of nitrogens with zero attached hydrogens (tertiary/aromatic N) is 4. The molecule has 0 unspecified atom stereocenters. The SMILES string of the molecule is CC(C)(C)N=C(NC(=O)c1ccnc(N2CCCC2)c1)Nc1cc(-c2ccc(F)cc2)[nH]n1. The number of aromatic nitrogens is 3. The first-order valence-electron chi connectivity index (χ1n) is 11.0. The molecule has 1 aromatic carbocycles. The summed E-state index contributed by atoms with van der Waals surface area (Å²) in [7, 11) is 0. The number of benzene rings is 1. The fourth-order valence-corrected chi connectivity index (χ4v) is 3.57. The van der Waals surface area contributed by atoms with Gasteiger partial charge < -0.3 is 10.2 Å². The molecule has 4 rings (SSSR count). The van der Waals surface area contributed by atoms with Crippen molar-refractivity contribution < 1.29 is 9.18 Å². The van der Waals surface area contributed by atoms with Crippen molar-refractivity contribution in [3.63, 3.8) is 0 Å². The van der Waals surface area contributed by atoms with Crippen LogP contribution in [0.1, 0.15) is 44.0 Å². The van der Waals surface area contributed by atoms with Gasteiger partial charge in [-0.25, -0.2) is 14.4 Å². The van der Waals surface area contributed by atoms with Gasteiger partial charge in [0.25, 0.3) is 5.91 Å². The molecule has 0 radical (unpaired) electrons. The van der Waals surface area contributed by atoms with Crippen LogP contribution in [0.4, 0.5) is 16.0 Å². The Labute approximate surface area is 192 Å². The van der Waals surface area contributed by atoms with Crippen molar-refractivity contribution in [2.24, 2.45) is 4.99 Å². The Balaban J connectivity index is 1.51. The highest BCUT2D eigenvalue weighted by molar-refractivity contribution is 6.10. The van der Waals surface area contributed by atoms with Gasteiger partial charge in [-0.1, -0.05) is 0 Å². The molecule has 0 aliphatic carbocycles. The Morgan fingerprint density at radius 3 is 2.55 bits per heavy atom. The molecule has 2 aromatic heterocycles. The number of amides is 1. The van der Waals surface area contributed by atoms with Gasteiger partial charge in [0.1, 0.15) is 11.6 Å². The third-order valence-corrected chi connectivity index (χ3v) is 5.10. The van der Waals surface area contributed by atoms with Gasteiger partial charge in [0.15, 0.2) is 5.82 Å². The zero-order valence-corrected chi connectivity index (χ0v) is 19.0. The van der Waals surface area contributed by atoms with E-state index < -0.39 is 5.54 Å². The Morgan fingerprint density at radius 1 is 1.12 bits per heavy atom. The van der Waals surface area contributed by atoms with Gasteiger partial charge in [0.05, 0.1) is 11.2 Å². The summed E-state index contributed by atoms with van der Waals surface area (Å²) in [5, 5.41) is 13.1. The number of anilines is 2. The van der Waals surface area contributed by atoms with Gasteiger partial charge in [-0.2, -0.15) is 5.10 Å². The summed E-state index contributed by atoms with van der Waals surface area (Å²) in [5.74, 6) is 0.971. The highest BCUT2D eigenvalue weighted by Gasteiger charge is 2.18. The molecule has 3 aromatic rings. The molecule has 9 heteroatoms. The average molecular weight is 450 g/mol. The Morgan fingerprint density at radius 2 is 1.85 bits per heavy atom. The van der Waals surface area contributed by atoms with Crippen LogP contribution in [0.5, 0.6) is 0 Å². The first kappa shape index (κ1) is 22.4. The van der Waals surface area contributed by atoms with E-state index in [1.54, 1.807) is 36.5 Å². The fourth-order valence-electron chi connectivity index (χ4n) is 3.57. The molecule has 3 heterocycles. The molecule has 0 saturated carbocycles. The van der Waals surface area contributed by atoms with Crippen LogP contribution in [0, 0.1) is 5.82 Å². The molecule has 1 saturated heterocycles. The van der Waals surface area contributed by atoms with Crippen LogP contribution in [0.2, 0.25) is 0 Å². The zero-order valence-electron chi connectivity index (χ0n) is 19.0. The monoisotopic (exact) mass is 449 g/mol. The second-order valence-corrected chi connectivity index (χ2v) is 8.98. The summed E-state index contributed by atoms with van der Waals surface area (Å²) in [4.78, 5) is 24.2. The number of rotatable bonds is 4. The standard InChI is InChI=1S/C24H28FN7O/c1-24(2,3)29-23(27-20-15-19(30-31-20)16-6-8-18(25)9-7-16)28-22(33)17-10-11-26-21(14-17)32-12-4-5-13-32/h6-11,14-15H,4-5,12-13H2,1-3H3,(H3,27,28,29,30,31,33). The molecule has 172 valence electrons. The van der Waals surface area contributed by atoms with Crippen molar-refractivity contribution in [2.75, 3.05) is 23.3 Å². The number of carbonyl (C=O) groups excluding carboxylic acids is 1. The number of hydrogen-bond acceptors (Lipinski definition) is 5. The first-order chi connectivity index (χ1) is 15.8. The first-order valence-corrected chi connectivity index (χ1v) is 11.0. The molecular formula is C24H28FN7O. The molecule has 1 aliphatic rings. The van der Waals surface area contributed by atoms with Crippen LogP contribution in [-0.2, 0) is 0 Å². The number of pyridine rings is 1. The second-order valence-electron chi connectivity index (χ2n) is 8.98. The van der Waals surface area contributed by atoms with E-state index >= 15 is 0 Å². The minimum atomic E-state index is -0.440. The molecular weight excluding hydrogens is 421 g/mol. The number of H-pyrrole nitrogens is 1. The highest BCUT2D eigenvalue weighted by atomic mass is 19.1. The average Bonchev–Trinajstić information content (AvgIpc) is 3.46. The predicted octanol–water partition coefficient (Wildman–Crippen LogP) is 4.21. The van der Waals surface area contributed by atoms with Crippen molar-refractivity contribution in [1.82, 2.24) is 20.5 Å². The van der Waals surface area contributed by atoms with Crippen LogP contribution < -0.4 is 15.5 Å². The Kier molecular flexibility index (Phi) is 6.39. The molecule has 0 atom stereocenters. The lowest BCUT2D eigenvalue weighted by Gasteiger charge is -2.18. The Bertz CT molecular complexity index is 1140. The van der Waals surface area contributed by atoms with E-state index in [-0.39, 0.29) is 17.7 Å². The minimum Gasteiger partial charge on any atom is -0.357 e. The van der Waals surface area contributed by atoms with Gasteiger partial charge >= 0.3 is 0 Å². The summed E-state index contributed by atoms with van der Waals surface area (Å²) in [6, 6.07) is 11.4. The lowest BCUT2D eigenvalue weighted by atomic mass is 10.1. The van der Waals surface area contributed by atoms with E-state index in [0.29, 0.717) is 17.1 Å². The lowest BCUT2D eigenvalue weighted by Crippen LogP contribution is -2.38. The second kappa shape index (κ2) is 9.40. The fraction of sp³-hybridized carbons (Fsp3) is 0.333. The van der Waals surface area contributed by atoms with Crippen molar-refractivity contribution in [3.05, 3.63) is 60.0 Å². The number of nitrogens with one attached hydrogen (secondary N) is 3. The maximum absolute atomic E-state index is 13.2. The predicted molar refractivity (Wildman–Crippen MR) is 128 cm³/mol. The summed E-state index contributed by atoms with van der Waals surface area (Å²) < 4.78 is 13.2. The smallest absolute Gasteiger partial charge is 0.258 e. The van der Waals surface area contributed by atoms with Crippen molar-refractivity contribution >= 4 is 23.5 Å². The number of hydrogen-bond donors (Lipinski definition) is 3. The number of aliphatic imine (C=N–C) groups is 1. The molecule has 3 N–H and O–H groups in total. The van der Waals surface area contributed by atoms with Crippen LogP contribution in [0.25, 0.3) is 11.3 Å². The van der Waals surface area contributed by atoms with Gasteiger partial charge in [-0.05, 0) is 75.6 Å². The largest absolute Gasteiger partial charge is 0.357 e. The summed E-state index contributed by atoms with van der Waals surface area (Å²) in [5.41, 5.74) is 1.57. The van der Waals surface area contributed by atoms with E-state index in [4.69, 9.17) is 0 Å². The number of carbonyl (C=O) groups is 1. The molecule has 0 bridgehead atoms. The third-order valence-electron chi connectivity index (χ3n) is 5.10. The Hall–Kier alpha value is -3.75. The van der Waals surface area contributed by atoms with Crippen molar-refractivity contribution in [3.8, 4) is 11.3 Å². The van der Waals surface area contributed by atoms with Crippen LogP contribution in [0.15, 0.2) is 53.7 Å². The summed E-state index contributed by atoms with van der Waals surface area (Å²) >= 11 is 0. The topological polar surface area (TPSA) is 98.3 Å². The maximum Gasteiger partial charge on any atom is 0.258 e. The van der Waals surface area contributed by atoms with Crippen molar-refractivity contribution in [1.29, 1.82) is 0 Å². The zero-order chi connectivity index (χ0) is 23.4. The highest BCUT2D eigenvalue weighted by Crippen LogP contribution is 2.21. The van der Waals surface area contributed by atoms with E-state index in [0.717, 1.165) is 37.3 Å². The van der Waals surface area contributed by atoms with Crippen LogP contribution in [-0.4, -0.2) is 45.7 Å². The molecule has 33 heavy (non-hydrogen) atoms.